The fourth-order valence-corrected chi connectivity index (χ4v) is 6.06. The van der Waals surface area contributed by atoms with E-state index in [9.17, 15) is 5.11 Å². The minimum atomic E-state index is -0.829. The monoisotopic (exact) mass is 477 g/mol. The maximum Gasteiger partial charge on any atom is 0.167 e. The number of aromatic nitrogens is 2. The van der Waals surface area contributed by atoms with E-state index in [-0.39, 0.29) is 0 Å². The number of hydrogen-bond donors (Lipinski definition) is 2. The standard InChI is InChI=1S/C33H23N3O/c37-33-32-31(24-16-7-9-17-27(24)34-33)26-19-25-23-15-8-10-18-28(23)35(21-11-3-1-4-12-21)29(25)20-30(26)36(32)22-13-5-2-6-14-22/h1-20,33-34,37H. The third-order valence-corrected chi connectivity index (χ3v) is 7.57. The maximum absolute atomic E-state index is 11.4. The first kappa shape index (κ1) is 20.4. The van der Waals surface area contributed by atoms with Crippen molar-refractivity contribution in [1.29, 1.82) is 0 Å². The van der Waals surface area contributed by atoms with Crippen LogP contribution in [0.1, 0.15) is 11.9 Å². The Morgan fingerprint density at radius 1 is 0.541 bits per heavy atom. The van der Waals surface area contributed by atoms with Gasteiger partial charge in [0.1, 0.15) is 0 Å². The molecule has 0 aliphatic carbocycles. The molecule has 8 rings (SSSR count). The highest BCUT2D eigenvalue weighted by Crippen LogP contribution is 2.48. The second kappa shape index (κ2) is 7.60. The second-order valence-corrected chi connectivity index (χ2v) is 9.60. The third-order valence-electron chi connectivity index (χ3n) is 7.57. The number of hydrogen-bond acceptors (Lipinski definition) is 2. The summed E-state index contributed by atoms with van der Waals surface area (Å²) in [5.41, 5.74) is 9.54. The summed E-state index contributed by atoms with van der Waals surface area (Å²) in [5, 5.41) is 18.3. The molecule has 176 valence electrons. The van der Waals surface area contributed by atoms with Crippen molar-refractivity contribution < 1.29 is 5.11 Å². The summed E-state index contributed by atoms with van der Waals surface area (Å²) in [5.74, 6) is 0. The molecular formula is C33H23N3O. The summed E-state index contributed by atoms with van der Waals surface area (Å²) in [6, 6.07) is 42.3. The van der Waals surface area contributed by atoms with E-state index in [0.29, 0.717) is 0 Å². The van der Waals surface area contributed by atoms with Gasteiger partial charge < -0.3 is 19.6 Å². The molecule has 1 unspecified atom stereocenters. The Hall–Kier alpha value is -4.80. The van der Waals surface area contributed by atoms with Crippen LogP contribution in [0.15, 0.2) is 121 Å². The van der Waals surface area contributed by atoms with E-state index in [4.69, 9.17) is 0 Å². The van der Waals surface area contributed by atoms with Gasteiger partial charge in [-0.25, -0.2) is 0 Å². The third kappa shape index (κ3) is 2.82. The Labute approximate surface area is 213 Å². The Morgan fingerprint density at radius 2 is 1.16 bits per heavy atom. The average molecular weight is 478 g/mol. The second-order valence-electron chi connectivity index (χ2n) is 9.60. The molecule has 4 nitrogen and oxygen atoms in total. The molecule has 7 aromatic rings. The fourth-order valence-electron chi connectivity index (χ4n) is 6.06. The molecule has 37 heavy (non-hydrogen) atoms. The number of nitrogens with zero attached hydrogens (tertiary/aromatic N) is 2. The summed E-state index contributed by atoms with van der Waals surface area (Å²) in [6.07, 6.45) is -0.829. The number of fused-ring (bicyclic) bond motifs is 8. The molecule has 2 aromatic heterocycles. The van der Waals surface area contributed by atoms with Crippen molar-refractivity contribution in [2.45, 2.75) is 6.23 Å². The Morgan fingerprint density at radius 3 is 1.95 bits per heavy atom. The summed E-state index contributed by atoms with van der Waals surface area (Å²) in [6.45, 7) is 0. The molecule has 1 atom stereocenters. The van der Waals surface area contributed by atoms with Crippen molar-refractivity contribution in [1.82, 2.24) is 9.13 Å². The van der Waals surface area contributed by atoms with Crippen molar-refractivity contribution in [2.75, 3.05) is 5.32 Å². The van der Waals surface area contributed by atoms with Gasteiger partial charge in [0, 0.05) is 44.3 Å². The highest BCUT2D eigenvalue weighted by Gasteiger charge is 2.31. The Balaban J connectivity index is 1.59. The van der Waals surface area contributed by atoms with Gasteiger partial charge in [-0.3, -0.25) is 0 Å². The lowest BCUT2D eigenvalue weighted by Crippen LogP contribution is -2.19. The van der Waals surface area contributed by atoms with Crippen molar-refractivity contribution in [3.05, 3.63) is 127 Å². The molecule has 1 aliphatic rings. The first-order valence-electron chi connectivity index (χ1n) is 12.6. The summed E-state index contributed by atoms with van der Waals surface area (Å²) >= 11 is 0. The van der Waals surface area contributed by atoms with E-state index >= 15 is 0 Å². The first-order chi connectivity index (χ1) is 18.3. The molecule has 0 spiro atoms. The predicted molar refractivity (Wildman–Crippen MR) is 152 cm³/mol. The first-order valence-corrected chi connectivity index (χ1v) is 12.6. The zero-order chi connectivity index (χ0) is 24.5. The number of aliphatic hydroxyl groups is 1. The number of para-hydroxylation sites is 4. The van der Waals surface area contributed by atoms with Crippen LogP contribution in [0.25, 0.3) is 55.2 Å². The molecule has 2 N–H and O–H groups in total. The number of anilines is 1. The van der Waals surface area contributed by atoms with E-state index in [0.717, 1.165) is 50.3 Å². The lowest BCUT2D eigenvalue weighted by Gasteiger charge is -2.26. The molecule has 0 amide bonds. The van der Waals surface area contributed by atoms with Crippen LogP contribution in [-0.2, 0) is 0 Å². The summed E-state index contributed by atoms with van der Waals surface area (Å²) < 4.78 is 4.55. The van der Waals surface area contributed by atoms with Gasteiger partial charge in [0.2, 0.25) is 0 Å². The SMILES string of the molecule is OC1Nc2ccccc2-c2c1n(-c1ccccc1)c1cc3c(cc21)c1ccccc1n3-c1ccccc1. The van der Waals surface area contributed by atoms with E-state index in [1.807, 2.05) is 30.3 Å². The van der Waals surface area contributed by atoms with Crippen molar-refractivity contribution in [3.63, 3.8) is 0 Å². The molecule has 4 heteroatoms. The van der Waals surface area contributed by atoms with Crippen LogP contribution in [0.4, 0.5) is 5.69 Å². The maximum atomic E-state index is 11.4. The van der Waals surface area contributed by atoms with E-state index in [1.165, 1.54) is 16.3 Å². The van der Waals surface area contributed by atoms with Crippen LogP contribution in [0, 0.1) is 0 Å². The van der Waals surface area contributed by atoms with Crippen LogP contribution < -0.4 is 5.32 Å². The molecule has 0 saturated carbocycles. The van der Waals surface area contributed by atoms with Crippen LogP contribution in [0.5, 0.6) is 0 Å². The van der Waals surface area contributed by atoms with E-state index in [2.05, 4.69) is 105 Å². The van der Waals surface area contributed by atoms with Gasteiger partial charge in [-0.2, -0.15) is 0 Å². The zero-order valence-electron chi connectivity index (χ0n) is 20.0. The lowest BCUT2D eigenvalue weighted by atomic mass is 9.95. The predicted octanol–water partition coefficient (Wildman–Crippen LogP) is 7.81. The van der Waals surface area contributed by atoms with Crippen molar-refractivity contribution in [3.8, 4) is 22.5 Å². The quantitative estimate of drug-likeness (QED) is 0.267. The van der Waals surface area contributed by atoms with Gasteiger partial charge in [0.05, 0.1) is 22.2 Å². The van der Waals surface area contributed by atoms with Crippen LogP contribution in [0.3, 0.4) is 0 Å². The number of aliphatic hydroxyl groups excluding tert-OH is 1. The Kier molecular flexibility index (Phi) is 4.19. The minimum absolute atomic E-state index is 0.829. The largest absolute Gasteiger partial charge is 0.368 e. The van der Waals surface area contributed by atoms with Gasteiger partial charge in [-0.15, -0.1) is 0 Å². The smallest absolute Gasteiger partial charge is 0.167 e. The van der Waals surface area contributed by atoms with Crippen molar-refractivity contribution >= 4 is 38.4 Å². The van der Waals surface area contributed by atoms with E-state index in [1.54, 1.807) is 0 Å². The molecular weight excluding hydrogens is 454 g/mol. The zero-order valence-corrected chi connectivity index (χ0v) is 20.0. The van der Waals surface area contributed by atoms with Gasteiger partial charge in [0.25, 0.3) is 0 Å². The fraction of sp³-hybridized carbons (Fsp3) is 0.0303. The molecule has 1 aliphatic heterocycles. The molecule has 5 aromatic carbocycles. The van der Waals surface area contributed by atoms with Gasteiger partial charge >= 0.3 is 0 Å². The normalized spacial score (nSPS) is 14.6. The molecule has 0 bridgehead atoms. The van der Waals surface area contributed by atoms with Crippen LogP contribution in [0.2, 0.25) is 0 Å². The van der Waals surface area contributed by atoms with Crippen molar-refractivity contribution in [2.24, 2.45) is 0 Å². The van der Waals surface area contributed by atoms with Gasteiger partial charge in [-0.1, -0.05) is 72.8 Å². The van der Waals surface area contributed by atoms with Gasteiger partial charge in [-0.05, 0) is 48.5 Å². The number of benzene rings is 5. The average Bonchev–Trinajstić information content (AvgIpc) is 3.46. The van der Waals surface area contributed by atoms with Gasteiger partial charge in [0.15, 0.2) is 6.23 Å². The summed E-state index contributed by atoms with van der Waals surface area (Å²) in [4.78, 5) is 0. The number of nitrogens with one attached hydrogen (secondary N) is 1. The minimum Gasteiger partial charge on any atom is -0.368 e. The summed E-state index contributed by atoms with van der Waals surface area (Å²) in [7, 11) is 0. The topological polar surface area (TPSA) is 42.1 Å². The molecule has 0 saturated heterocycles. The van der Waals surface area contributed by atoms with E-state index < -0.39 is 6.23 Å². The van der Waals surface area contributed by atoms with Crippen LogP contribution >= 0.6 is 0 Å². The molecule has 0 radical (unpaired) electrons. The van der Waals surface area contributed by atoms with Crippen LogP contribution in [-0.4, -0.2) is 14.2 Å². The molecule has 3 heterocycles. The highest BCUT2D eigenvalue weighted by molar-refractivity contribution is 6.16. The Bertz CT molecular complexity index is 1970. The highest BCUT2D eigenvalue weighted by atomic mass is 16.3. The lowest BCUT2D eigenvalue weighted by molar-refractivity contribution is 0.201. The number of rotatable bonds is 2. The molecule has 0 fully saturated rings.